The van der Waals surface area contributed by atoms with Gasteiger partial charge in [-0.05, 0) is 25.5 Å². The number of alkyl halides is 3. The van der Waals surface area contributed by atoms with Gasteiger partial charge in [-0.1, -0.05) is 90.6 Å². The highest BCUT2D eigenvalue weighted by Crippen LogP contribution is 2.28. The molecular weight excluding hydrogens is 529 g/mol. The number of benzene rings is 1. The van der Waals surface area contributed by atoms with Gasteiger partial charge < -0.3 is 9.31 Å². The van der Waals surface area contributed by atoms with E-state index in [4.69, 9.17) is 48.3 Å². The van der Waals surface area contributed by atoms with Crippen molar-refractivity contribution in [2.45, 2.75) is 35.4 Å². The van der Waals surface area contributed by atoms with Crippen LogP contribution in [0, 0.1) is 0 Å². The zero-order valence-corrected chi connectivity index (χ0v) is 21.8. The van der Waals surface area contributed by atoms with Crippen molar-refractivity contribution in [3.8, 4) is 0 Å². The van der Waals surface area contributed by atoms with Crippen molar-refractivity contribution >= 4 is 64.2 Å². The summed E-state index contributed by atoms with van der Waals surface area (Å²) in [7, 11) is -4.68. The minimum atomic E-state index is -4.59. The molecule has 1 aliphatic heterocycles. The molecule has 0 aliphatic carbocycles. The molecule has 9 nitrogen and oxygen atoms in total. The summed E-state index contributed by atoms with van der Waals surface area (Å²) in [6.07, 6.45) is 4.48. The third-order valence-corrected chi connectivity index (χ3v) is 5.98. The van der Waals surface area contributed by atoms with E-state index < -0.39 is 45.2 Å². The fraction of sp³-hybridized carbons (Fsp3) is 0.500. The summed E-state index contributed by atoms with van der Waals surface area (Å²) in [5, 5.41) is 0. The van der Waals surface area contributed by atoms with E-state index in [1.54, 1.807) is 43.5 Å². The molecular formula is C20H26BCl3N2O7S. The van der Waals surface area contributed by atoms with Crippen LogP contribution < -0.4 is 4.72 Å². The largest absolute Gasteiger partial charge is 0.626 e. The molecule has 0 radical (unpaired) electrons. The van der Waals surface area contributed by atoms with Crippen LogP contribution in [0.2, 0.25) is 0 Å². The summed E-state index contributed by atoms with van der Waals surface area (Å²) in [6.45, 7) is 0.774. The summed E-state index contributed by atoms with van der Waals surface area (Å²) in [5.74, 6) is -1.41. The molecule has 1 aliphatic rings. The van der Waals surface area contributed by atoms with Gasteiger partial charge in [0.05, 0.1) is 13.1 Å². The number of unbranched alkanes of at least 4 members (excludes halogenated alkanes) is 1. The average Bonchev–Trinajstić information content (AvgIpc) is 2.71. The molecule has 0 spiro atoms. The zero-order chi connectivity index (χ0) is 25.4. The molecule has 1 atom stereocenters. The minimum absolute atomic E-state index is 0.0501. The number of carbonyl (C=O) groups is 2. The quantitative estimate of drug-likeness (QED) is 0.267. The SMILES string of the molecule is CCC/C=C/C(Cc1ccccc1)(NS(=O)(=O)OCC(Cl)(Cl)Cl)B1OC(=O)CN(C)CC(=O)O1. The lowest BCUT2D eigenvalue weighted by Crippen LogP contribution is -2.64. The Morgan fingerprint density at radius 1 is 1.15 bits per heavy atom. The van der Waals surface area contributed by atoms with E-state index in [0.29, 0.717) is 12.0 Å². The molecule has 1 aromatic carbocycles. The van der Waals surface area contributed by atoms with Gasteiger partial charge in [-0.3, -0.25) is 18.7 Å². The molecule has 0 saturated carbocycles. The Morgan fingerprint density at radius 2 is 1.74 bits per heavy atom. The number of nitrogens with zero attached hydrogens (tertiary/aromatic N) is 1. The van der Waals surface area contributed by atoms with Gasteiger partial charge in [-0.15, -0.1) is 0 Å². The van der Waals surface area contributed by atoms with Gasteiger partial charge in [0.15, 0.2) is 0 Å². The predicted octanol–water partition coefficient (Wildman–Crippen LogP) is 2.60. The van der Waals surface area contributed by atoms with Crippen molar-refractivity contribution in [3.05, 3.63) is 48.0 Å². The molecule has 0 bridgehead atoms. The van der Waals surface area contributed by atoms with E-state index in [2.05, 4.69) is 4.72 Å². The highest BCUT2D eigenvalue weighted by Gasteiger charge is 2.53. The second-order valence-corrected chi connectivity index (χ2v) is 11.7. The lowest BCUT2D eigenvalue weighted by molar-refractivity contribution is -0.146. The Hall–Kier alpha value is -1.34. The first-order valence-corrected chi connectivity index (χ1v) is 12.9. The summed E-state index contributed by atoms with van der Waals surface area (Å²) in [4.78, 5) is 26.4. The van der Waals surface area contributed by atoms with Crippen molar-refractivity contribution in [3.63, 3.8) is 0 Å². The molecule has 1 aromatic rings. The van der Waals surface area contributed by atoms with Crippen molar-refractivity contribution < 1.29 is 31.5 Å². The third-order valence-electron chi connectivity index (χ3n) is 4.60. The molecule has 0 amide bonds. The Morgan fingerprint density at radius 3 is 2.26 bits per heavy atom. The molecule has 1 saturated heterocycles. The monoisotopic (exact) mass is 554 g/mol. The van der Waals surface area contributed by atoms with E-state index in [1.165, 1.54) is 11.0 Å². The lowest BCUT2D eigenvalue weighted by atomic mass is 9.61. The van der Waals surface area contributed by atoms with E-state index in [9.17, 15) is 18.0 Å². The van der Waals surface area contributed by atoms with Crippen molar-refractivity contribution in [2.75, 3.05) is 26.7 Å². The molecule has 34 heavy (non-hydrogen) atoms. The van der Waals surface area contributed by atoms with Crippen LogP contribution in [0.3, 0.4) is 0 Å². The standard InChI is InChI=1S/C20H26BCl3N2O7S/c1-3-4-8-11-19(12-16-9-6-5-7-10-16,25-34(29,30)31-15-20(22,23)24)21-32-17(27)13-26(2)14-18(28)33-21/h5-11,25H,3-4,12-15H2,1-2H3/b11-8+. The van der Waals surface area contributed by atoms with Gasteiger partial charge in [0.1, 0.15) is 12.0 Å². The highest BCUT2D eigenvalue weighted by molar-refractivity contribution is 7.84. The fourth-order valence-electron chi connectivity index (χ4n) is 3.18. The summed E-state index contributed by atoms with van der Waals surface area (Å²) < 4.78 is 41.9. The Balaban J connectivity index is 2.56. The number of hydrogen-bond donors (Lipinski definition) is 1. The second-order valence-electron chi connectivity index (χ2n) is 7.81. The molecule has 0 aromatic heterocycles. The first-order chi connectivity index (χ1) is 15.8. The summed E-state index contributed by atoms with van der Waals surface area (Å²) in [5.41, 5.74) is -1.09. The number of carbonyl (C=O) groups excluding carboxylic acids is 2. The van der Waals surface area contributed by atoms with Gasteiger partial charge in [0.2, 0.25) is 3.79 Å². The second kappa shape index (κ2) is 12.6. The average molecular weight is 556 g/mol. The number of rotatable bonds is 10. The maximum Gasteiger partial charge on any atom is 0.626 e. The number of likely N-dealkylation sites (N-methyl/N-ethyl adjacent to an activating group) is 1. The van der Waals surface area contributed by atoms with Crippen LogP contribution in [0.1, 0.15) is 25.3 Å². The van der Waals surface area contributed by atoms with Crippen LogP contribution in [0.15, 0.2) is 42.5 Å². The van der Waals surface area contributed by atoms with Crippen LogP contribution >= 0.6 is 34.8 Å². The molecule has 14 heteroatoms. The van der Waals surface area contributed by atoms with Crippen LogP contribution in [0.5, 0.6) is 0 Å². The summed E-state index contributed by atoms with van der Waals surface area (Å²) in [6, 6.07) is 8.81. The Kier molecular flexibility index (Phi) is 10.7. The molecule has 2 rings (SSSR count). The lowest BCUT2D eigenvalue weighted by Gasteiger charge is -2.35. The molecule has 1 N–H and O–H groups in total. The van der Waals surface area contributed by atoms with Crippen LogP contribution in [-0.4, -0.2) is 68.3 Å². The number of allylic oxidation sites excluding steroid dienone is 1. The van der Waals surface area contributed by atoms with Crippen molar-refractivity contribution in [1.82, 2.24) is 9.62 Å². The van der Waals surface area contributed by atoms with E-state index in [-0.39, 0.29) is 19.5 Å². The van der Waals surface area contributed by atoms with Crippen molar-refractivity contribution in [2.24, 2.45) is 0 Å². The molecule has 188 valence electrons. The number of hydrogen-bond acceptors (Lipinski definition) is 8. The zero-order valence-electron chi connectivity index (χ0n) is 18.7. The smallest absolute Gasteiger partial charge is 0.497 e. The minimum Gasteiger partial charge on any atom is -0.497 e. The molecule has 1 fully saturated rings. The third kappa shape index (κ3) is 9.73. The van der Waals surface area contributed by atoms with Crippen LogP contribution in [0.4, 0.5) is 0 Å². The molecule has 1 unspecified atom stereocenters. The normalized spacial score (nSPS) is 18.2. The topological polar surface area (TPSA) is 111 Å². The first kappa shape index (κ1) is 28.9. The fourth-order valence-corrected chi connectivity index (χ4v) is 4.63. The van der Waals surface area contributed by atoms with E-state index >= 15 is 0 Å². The Labute approximate surface area is 215 Å². The predicted molar refractivity (Wildman–Crippen MR) is 131 cm³/mol. The van der Waals surface area contributed by atoms with Gasteiger partial charge in [-0.25, -0.2) is 0 Å². The van der Waals surface area contributed by atoms with Gasteiger partial charge in [-0.2, -0.15) is 13.1 Å². The van der Waals surface area contributed by atoms with Gasteiger partial charge in [0.25, 0.3) is 0 Å². The number of nitrogens with one attached hydrogen (secondary N) is 1. The highest BCUT2D eigenvalue weighted by atomic mass is 35.6. The van der Waals surface area contributed by atoms with Gasteiger partial charge >= 0.3 is 29.4 Å². The van der Waals surface area contributed by atoms with E-state index in [0.717, 1.165) is 6.42 Å². The Bertz CT molecular complexity index is 956. The van der Waals surface area contributed by atoms with Crippen molar-refractivity contribution in [1.29, 1.82) is 0 Å². The first-order valence-electron chi connectivity index (χ1n) is 10.4. The summed E-state index contributed by atoms with van der Waals surface area (Å²) >= 11 is 16.9. The maximum atomic E-state index is 12.9. The maximum absolute atomic E-state index is 12.9. The molecule has 1 heterocycles. The van der Waals surface area contributed by atoms with E-state index in [1.807, 2.05) is 6.92 Å². The number of halogens is 3. The van der Waals surface area contributed by atoms with Gasteiger partial charge in [0, 0.05) is 0 Å². The van der Waals surface area contributed by atoms with Crippen LogP contribution in [0.25, 0.3) is 0 Å². The van der Waals surface area contributed by atoms with Crippen LogP contribution in [-0.2, 0) is 39.8 Å².